The number of ether oxygens (including phenoxy) is 1. The summed E-state index contributed by atoms with van der Waals surface area (Å²) in [4.78, 5) is 52.1. The highest BCUT2D eigenvalue weighted by Gasteiger charge is 2.21. The molecular formula is C18H16N4O5S. The number of benzene rings is 1. The van der Waals surface area contributed by atoms with Crippen LogP contribution in [-0.4, -0.2) is 33.4 Å². The number of hydrogen-bond donors (Lipinski definition) is 2. The number of carbonyl (C=O) groups is 3. The third-order valence-electron chi connectivity index (χ3n) is 3.88. The third-order valence-corrected chi connectivity index (χ3v) is 4.71. The molecule has 0 aliphatic carbocycles. The Morgan fingerprint density at radius 1 is 1.29 bits per heavy atom. The van der Waals surface area contributed by atoms with Crippen LogP contribution in [0.4, 0.5) is 5.00 Å². The second-order valence-corrected chi connectivity index (χ2v) is 6.76. The summed E-state index contributed by atoms with van der Waals surface area (Å²) < 4.78 is 6.19. The molecule has 3 rings (SSSR count). The molecule has 0 aliphatic heterocycles. The summed E-state index contributed by atoms with van der Waals surface area (Å²) in [5, 5.41) is 4.75. The molecule has 0 radical (unpaired) electrons. The fraction of sp³-hybridized carbons (Fsp3) is 0.167. The molecule has 0 bridgehead atoms. The summed E-state index contributed by atoms with van der Waals surface area (Å²) in [5.74, 6) is -2.07. The number of para-hydroxylation sites is 1. The Labute approximate surface area is 162 Å². The molecule has 0 saturated heterocycles. The van der Waals surface area contributed by atoms with Gasteiger partial charge >= 0.3 is 5.97 Å². The van der Waals surface area contributed by atoms with E-state index in [1.807, 2.05) is 0 Å². The second kappa shape index (κ2) is 8.01. The standard InChI is InChI=1S/C18H16N4O5S/c1-10(16(25)21-17-12(15(19)24)6-7-28-17)27-14(23)8-22-9-20-13-5-3-2-4-11(13)18(22)26/h2-7,9-10H,8H2,1H3,(H2,19,24)(H,21,25)/t10-/m0/s1. The number of hydrogen-bond acceptors (Lipinski definition) is 7. The second-order valence-electron chi connectivity index (χ2n) is 5.84. The molecule has 0 fully saturated rings. The molecule has 10 heteroatoms. The minimum atomic E-state index is -1.14. The minimum absolute atomic E-state index is 0.172. The maximum Gasteiger partial charge on any atom is 0.326 e. The van der Waals surface area contributed by atoms with Crippen molar-refractivity contribution < 1.29 is 19.1 Å². The summed E-state index contributed by atoms with van der Waals surface area (Å²) >= 11 is 1.12. The summed E-state index contributed by atoms with van der Waals surface area (Å²) in [7, 11) is 0. The Morgan fingerprint density at radius 2 is 2.04 bits per heavy atom. The van der Waals surface area contributed by atoms with Gasteiger partial charge in [-0.15, -0.1) is 11.3 Å². The number of nitrogens with zero attached hydrogens (tertiary/aromatic N) is 2. The highest BCUT2D eigenvalue weighted by atomic mass is 32.1. The Morgan fingerprint density at radius 3 is 2.79 bits per heavy atom. The SMILES string of the molecule is C[C@H](OC(=O)Cn1cnc2ccccc2c1=O)C(=O)Nc1sccc1C(N)=O. The lowest BCUT2D eigenvalue weighted by molar-refractivity contribution is -0.153. The predicted molar refractivity (Wildman–Crippen MR) is 103 cm³/mol. The number of esters is 1. The zero-order chi connectivity index (χ0) is 20.3. The Hall–Kier alpha value is -3.53. The van der Waals surface area contributed by atoms with Gasteiger partial charge in [0.1, 0.15) is 11.5 Å². The topological polar surface area (TPSA) is 133 Å². The van der Waals surface area contributed by atoms with Gasteiger partial charge in [-0.3, -0.25) is 23.7 Å². The molecule has 0 aliphatic rings. The van der Waals surface area contributed by atoms with Gasteiger partial charge in [0.15, 0.2) is 6.10 Å². The fourth-order valence-electron chi connectivity index (χ4n) is 2.46. The molecule has 0 unspecified atom stereocenters. The molecule has 28 heavy (non-hydrogen) atoms. The largest absolute Gasteiger partial charge is 0.451 e. The first-order valence-electron chi connectivity index (χ1n) is 8.18. The zero-order valence-corrected chi connectivity index (χ0v) is 15.6. The van der Waals surface area contributed by atoms with E-state index in [1.54, 1.807) is 29.6 Å². The van der Waals surface area contributed by atoms with Crippen LogP contribution in [0.1, 0.15) is 17.3 Å². The summed E-state index contributed by atoms with van der Waals surface area (Å²) in [6.07, 6.45) is 0.112. The zero-order valence-electron chi connectivity index (χ0n) is 14.7. The van der Waals surface area contributed by atoms with E-state index >= 15 is 0 Å². The lowest BCUT2D eigenvalue weighted by atomic mass is 10.2. The van der Waals surface area contributed by atoms with Crippen molar-refractivity contribution in [1.82, 2.24) is 9.55 Å². The molecular weight excluding hydrogens is 384 g/mol. The van der Waals surface area contributed by atoms with Crippen LogP contribution in [0.2, 0.25) is 0 Å². The van der Waals surface area contributed by atoms with Crippen molar-refractivity contribution in [3.8, 4) is 0 Å². The summed E-state index contributed by atoms with van der Waals surface area (Å²) in [6, 6.07) is 8.24. The number of rotatable bonds is 6. The number of fused-ring (bicyclic) bond motifs is 1. The number of anilines is 1. The number of primary amides is 1. The van der Waals surface area contributed by atoms with Gasteiger partial charge in [0.05, 0.1) is 22.8 Å². The van der Waals surface area contributed by atoms with Gasteiger partial charge in [0.2, 0.25) is 0 Å². The van der Waals surface area contributed by atoms with Crippen LogP contribution in [-0.2, 0) is 20.9 Å². The van der Waals surface area contributed by atoms with E-state index in [1.165, 1.54) is 19.3 Å². The van der Waals surface area contributed by atoms with Crippen molar-refractivity contribution in [3.05, 3.63) is 58.0 Å². The fourth-order valence-corrected chi connectivity index (χ4v) is 3.25. The highest BCUT2D eigenvalue weighted by Crippen LogP contribution is 2.23. The van der Waals surface area contributed by atoms with E-state index in [-0.39, 0.29) is 22.7 Å². The molecule has 3 N–H and O–H groups in total. The van der Waals surface area contributed by atoms with Crippen molar-refractivity contribution in [2.24, 2.45) is 5.73 Å². The smallest absolute Gasteiger partial charge is 0.326 e. The molecule has 0 saturated carbocycles. The Balaban J connectivity index is 1.65. The van der Waals surface area contributed by atoms with Crippen molar-refractivity contribution in [3.63, 3.8) is 0 Å². The Bertz CT molecular complexity index is 1120. The van der Waals surface area contributed by atoms with Crippen LogP contribution in [0.25, 0.3) is 10.9 Å². The first kappa shape index (κ1) is 19.2. The molecule has 1 aromatic carbocycles. The van der Waals surface area contributed by atoms with E-state index in [2.05, 4.69) is 10.3 Å². The molecule has 2 aromatic heterocycles. The number of carbonyl (C=O) groups excluding carboxylic acids is 3. The first-order chi connectivity index (χ1) is 13.4. The van der Waals surface area contributed by atoms with Crippen molar-refractivity contribution >= 4 is 45.0 Å². The number of nitrogens with two attached hydrogens (primary N) is 1. The van der Waals surface area contributed by atoms with E-state index in [0.717, 1.165) is 15.9 Å². The average Bonchev–Trinajstić information content (AvgIpc) is 3.12. The van der Waals surface area contributed by atoms with Crippen LogP contribution >= 0.6 is 11.3 Å². The lowest BCUT2D eigenvalue weighted by Gasteiger charge is -2.14. The number of aromatic nitrogens is 2. The van der Waals surface area contributed by atoms with Crippen LogP contribution in [0, 0.1) is 0 Å². The van der Waals surface area contributed by atoms with Crippen LogP contribution in [0.15, 0.2) is 46.8 Å². The third kappa shape index (κ3) is 4.07. The number of nitrogens with one attached hydrogen (secondary N) is 1. The molecule has 2 heterocycles. The molecule has 3 aromatic rings. The molecule has 9 nitrogen and oxygen atoms in total. The van der Waals surface area contributed by atoms with E-state index in [0.29, 0.717) is 10.9 Å². The quantitative estimate of drug-likeness (QED) is 0.596. The van der Waals surface area contributed by atoms with Crippen molar-refractivity contribution in [2.45, 2.75) is 19.6 Å². The van der Waals surface area contributed by atoms with Gasteiger partial charge in [0, 0.05) is 0 Å². The van der Waals surface area contributed by atoms with E-state index in [4.69, 9.17) is 10.5 Å². The van der Waals surface area contributed by atoms with Crippen LogP contribution in [0.5, 0.6) is 0 Å². The normalized spacial score (nSPS) is 11.8. The lowest BCUT2D eigenvalue weighted by Crippen LogP contribution is -2.33. The van der Waals surface area contributed by atoms with Gasteiger partial charge < -0.3 is 15.8 Å². The van der Waals surface area contributed by atoms with Gasteiger partial charge in [-0.1, -0.05) is 12.1 Å². The molecule has 2 amide bonds. The Kier molecular flexibility index (Phi) is 5.50. The monoisotopic (exact) mass is 400 g/mol. The predicted octanol–water partition coefficient (Wildman–Crippen LogP) is 1.13. The summed E-state index contributed by atoms with van der Waals surface area (Å²) in [6.45, 7) is 0.992. The van der Waals surface area contributed by atoms with Crippen molar-refractivity contribution in [1.29, 1.82) is 0 Å². The van der Waals surface area contributed by atoms with E-state index in [9.17, 15) is 19.2 Å². The van der Waals surface area contributed by atoms with Gasteiger partial charge in [-0.25, -0.2) is 4.98 Å². The number of amides is 2. The maximum absolute atomic E-state index is 12.4. The van der Waals surface area contributed by atoms with Crippen LogP contribution in [0.3, 0.4) is 0 Å². The molecule has 0 spiro atoms. The first-order valence-corrected chi connectivity index (χ1v) is 9.06. The number of thiophene rings is 1. The van der Waals surface area contributed by atoms with E-state index < -0.39 is 23.9 Å². The van der Waals surface area contributed by atoms with Crippen LogP contribution < -0.4 is 16.6 Å². The molecule has 1 atom stereocenters. The van der Waals surface area contributed by atoms with Crippen molar-refractivity contribution in [2.75, 3.05) is 5.32 Å². The van der Waals surface area contributed by atoms with Gasteiger partial charge in [-0.2, -0.15) is 0 Å². The molecule has 144 valence electrons. The maximum atomic E-state index is 12.4. The minimum Gasteiger partial charge on any atom is -0.451 e. The average molecular weight is 400 g/mol. The van der Waals surface area contributed by atoms with Gasteiger partial charge in [-0.05, 0) is 30.5 Å². The highest BCUT2D eigenvalue weighted by molar-refractivity contribution is 7.14. The van der Waals surface area contributed by atoms with Gasteiger partial charge in [0.25, 0.3) is 17.4 Å². The summed E-state index contributed by atoms with van der Waals surface area (Å²) in [5.41, 5.74) is 5.53.